The van der Waals surface area contributed by atoms with Crippen LogP contribution in [0.3, 0.4) is 0 Å². The first-order chi connectivity index (χ1) is 16.4. The summed E-state index contributed by atoms with van der Waals surface area (Å²) in [6.45, 7) is 2.23. The molecule has 0 bridgehead atoms. The average molecular weight is 481 g/mol. The second-order valence-electron chi connectivity index (χ2n) is 9.04. The van der Waals surface area contributed by atoms with Crippen LogP contribution in [0.1, 0.15) is 71.1 Å². The van der Waals surface area contributed by atoms with E-state index < -0.39 is 11.9 Å². The molecule has 1 amide bonds. The Balaban J connectivity index is 1.30. The van der Waals surface area contributed by atoms with Crippen LogP contribution in [0.2, 0.25) is 5.02 Å². The summed E-state index contributed by atoms with van der Waals surface area (Å²) in [7, 11) is 0. The van der Waals surface area contributed by atoms with Crippen LogP contribution in [0.5, 0.6) is 0 Å². The molecule has 1 saturated carbocycles. The molecular formula is C27H29ClN2O4. The fraction of sp³-hybridized carbons (Fsp3) is 0.370. The average Bonchev–Trinajstić information content (AvgIpc) is 3.50. The minimum Gasteiger partial charge on any atom is -0.481 e. The lowest BCUT2D eigenvalue weighted by atomic mass is 9.89. The minimum absolute atomic E-state index is 0.171. The van der Waals surface area contributed by atoms with Gasteiger partial charge in [0.15, 0.2) is 11.6 Å². The predicted molar refractivity (Wildman–Crippen MR) is 130 cm³/mol. The van der Waals surface area contributed by atoms with Gasteiger partial charge in [-0.25, -0.2) is 4.98 Å². The number of oxazole rings is 1. The molecule has 1 aromatic heterocycles. The predicted octanol–water partition coefficient (Wildman–Crippen LogP) is 5.62. The second-order valence-corrected chi connectivity index (χ2v) is 9.48. The van der Waals surface area contributed by atoms with E-state index in [1.165, 1.54) is 6.26 Å². The summed E-state index contributed by atoms with van der Waals surface area (Å²) < 4.78 is 5.68. The normalized spacial score (nSPS) is 18.5. The highest BCUT2D eigenvalue weighted by Gasteiger charge is 2.31. The van der Waals surface area contributed by atoms with Crippen LogP contribution in [0.4, 0.5) is 0 Å². The molecule has 2 N–H and O–H groups in total. The van der Waals surface area contributed by atoms with E-state index in [2.05, 4.69) is 10.3 Å². The fourth-order valence-electron chi connectivity index (χ4n) is 4.71. The van der Waals surface area contributed by atoms with E-state index in [1.807, 2.05) is 48.5 Å². The molecular weight excluding hydrogens is 452 g/mol. The molecule has 3 atom stereocenters. The SMILES string of the molecule is CC(C(=O)O)c1ccccc1CC1CCC(c2nc(C(=O)NCCc3ccc(Cl)cc3)co2)C1. The van der Waals surface area contributed by atoms with Gasteiger partial charge in [0.25, 0.3) is 5.91 Å². The highest BCUT2D eigenvalue weighted by Crippen LogP contribution is 2.40. The van der Waals surface area contributed by atoms with Crippen molar-refractivity contribution in [3.05, 3.63) is 88.1 Å². The van der Waals surface area contributed by atoms with E-state index in [0.717, 1.165) is 42.4 Å². The van der Waals surface area contributed by atoms with Gasteiger partial charge in [-0.2, -0.15) is 0 Å². The van der Waals surface area contributed by atoms with Crippen molar-refractivity contribution < 1.29 is 19.1 Å². The number of hydrogen-bond donors (Lipinski definition) is 2. The first kappa shape index (κ1) is 24.0. The van der Waals surface area contributed by atoms with Crippen molar-refractivity contribution >= 4 is 23.5 Å². The molecule has 1 aliphatic rings. The zero-order valence-corrected chi connectivity index (χ0v) is 19.9. The number of rotatable bonds is 9. The molecule has 0 saturated heterocycles. The number of amides is 1. The lowest BCUT2D eigenvalue weighted by molar-refractivity contribution is -0.138. The van der Waals surface area contributed by atoms with Crippen molar-refractivity contribution in [3.63, 3.8) is 0 Å². The van der Waals surface area contributed by atoms with E-state index in [9.17, 15) is 14.7 Å². The number of aliphatic carboxylic acids is 1. The quantitative estimate of drug-likeness (QED) is 0.415. The maximum atomic E-state index is 12.5. The van der Waals surface area contributed by atoms with Crippen LogP contribution < -0.4 is 5.32 Å². The zero-order chi connectivity index (χ0) is 24.1. The lowest BCUT2D eigenvalue weighted by Crippen LogP contribution is -2.26. The van der Waals surface area contributed by atoms with Gasteiger partial charge in [-0.15, -0.1) is 0 Å². The van der Waals surface area contributed by atoms with Crippen molar-refractivity contribution in [2.24, 2.45) is 5.92 Å². The second kappa shape index (κ2) is 10.9. The smallest absolute Gasteiger partial charge is 0.310 e. The third-order valence-corrected chi connectivity index (χ3v) is 6.91. The van der Waals surface area contributed by atoms with Crippen LogP contribution >= 0.6 is 11.6 Å². The number of nitrogens with zero attached hydrogens (tertiary/aromatic N) is 1. The Morgan fingerprint density at radius 1 is 1.18 bits per heavy atom. The first-order valence-corrected chi connectivity index (χ1v) is 12.1. The van der Waals surface area contributed by atoms with E-state index in [1.54, 1.807) is 6.92 Å². The molecule has 7 heteroatoms. The highest BCUT2D eigenvalue weighted by molar-refractivity contribution is 6.30. The first-order valence-electron chi connectivity index (χ1n) is 11.7. The molecule has 0 spiro atoms. The maximum absolute atomic E-state index is 12.5. The summed E-state index contributed by atoms with van der Waals surface area (Å²) in [5, 5.41) is 13.0. The van der Waals surface area contributed by atoms with Gasteiger partial charge in [-0.3, -0.25) is 9.59 Å². The Morgan fingerprint density at radius 3 is 2.71 bits per heavy atom. The number of aromatic nitrogens is 1. The monoisotopic (exact) mass is 480 g/mol. The summed E-state index contributed by atoms with van der Waals surface area (Å²) in [6, 6.07) is 15.4. The molecule has 1 aliphatic carbocycles. The minimum atomic E-state index is -0.810. The highest BCUT2D eigenvalue weighted by atomic mass is 35.5. The largest absolute Gasteiger partial charge is 0.481 e. The van der Waals surface area contributed by atoms with Crippen molar-refractivity contribution in [1.29, 1.82) is 0 Å². The molecule has 1 fully saturated rings. The zero-order valence-electron chi connectivity index (χ0n) is 19.2. The van der Waals surface area contributed by atoms with Gasteiger partial charge >= 0.3 is 5.97 Å². The van der Waals surface area contributed by atoms with Gasteiger partial charge in [-0.05, 0) is 73.8 Å². The van der Waals surface area contributed by atoms with Gasteiger partial charge in [0.2, 0.25) is 0 Å². The summed E-state index contributed by atoms with van der Waals surface area (Å²) in [5.74, 6) is -0.371. The molecule has 178 valence electrons. The van der Waals surface area contributed by atoms with Crippen LogP contribution in [-0.4, -0.2) is 28.5 Å². The Hall–Kier alpha value is -3.12. The van der Waals surface area contributed by atoms with Gasteiger partial charge in [0.05, 0.1) is 5.92 Å². The molecule has 34 heavy (non-hydrogen) atoms. The van der Waals surface area contributed by atoms with Crippen LogP contribution in [0.25, 0.3) is 0 Å². The number of benzene rings is 2. The van der Waals surface area contributed by atoms with Crippen LogP contribution in [-0.2, 0) is 17.6 Å². The standard InChI is InChI=1S/C27H29ClN2O4/c1-17(27(32)33)23-5-3-2-4-20(23)14-19-6-9-21(15-19)26-30-24(16-34-26)25(31)29-13-12-18-7-10-22(28)11-8-18/h2-5,7-8,10-11,16-17,19,21H,6,9,12-15H2,1H3,(H,29,31)(H,32,33). The Labute approximate surface area is 204 Å². The molecule has 3 unspecified atom stereocenters. The Morgan fingerprint density at radius 2 is 1.94 bits per heavy atom. The van der Waals surface area contributed by atoms with Crippen LogP contribution in [0, 0.1) is 5.92 Å². The summed E-state index contributed by atoms with van der Waals surface area (Å²) >= 11 is 5.90. The summed E-state index contributed by atoms with van der Waals surface area (Å²) in [6.07, 6.45) is 5.85. The number of nitrogens with one attached hydrogen (secondary N) is 1. The van der Waals surface area contributed by atoms with E-state index >= 15 is 0 Å². The number of carbonyl (C=O) groups is 2. The Bertz CT molecular complexity index is 1140. The van der Waals surface area contributed by atoms with E-state index in [-0.39, 0.29) is 11.8 Å². The number of halogens is 1. The molecule has 0 radical (unpaired) electrons. The molecule has 2 aromatic carbocycles. The van der Waals surface area contributed by atoms with Gasteiger partial charge < -0.3 is 14.8 Å². The topological polar surface area (TPSA) is 92.4 Å². The van der Waals surface area contributed by atoms with Crippen molar-refractivity contribution in [1.82, 2.24) is 10.3 Å². The molecule has 0 aliphatic heterocycles. The summed E-state index contributed by atoms with van der Waals surface area (Å²) in [5.41, 5.74) is 3.38. The third-order valence-electron chi connectivity index (χ3n) is 6.66. The number of hydrogen-bond acceptors (Lipinski definition) is 4. The van der Waals surface area contributed by atoms with Crippen molar-refractivity contribution in [3.8, 4) is 0 Å². The van der Waals surface area contributed by atoms with Crippen molar-refractivity contribution in [2.75, 3.05) is 6.54 Å². The third kappa shape index (κ3) is 5.86. The van der Waals surface area contributed by atoms with Gasteiger partial charge in [0.1, 0.15) is 6.26 Å². The molecule has 6 nitrogen and oxygen atoms in total. The van der Waals surface area contributed by atoms with Crippen LogP contribution in [0.15, 0.2) is 59.2 Å². The lowest BCUT2D eigenvalue weighted by Gasteiger charge is -2.16. The summed E-state index contributed by atoms with van der Waals surface area (Å²) in [4.78, 5) is 28.4. The van der Waals surface area contributed by atoms with E-state index in [4.69, 9.17) is 16.0 Å². The fourth-order valence-corrected chi connectivity index (χ4v) is 4.84. The van der Waals surface area contributed by atoms with Gasteiger partial charge in [0, 0.05) is 17.5 Å². The number of carbonyl (C=O) groups excluding carboxylic acids is 1. The van der Waals surface area contributed by atoms with E-state index in [0.29, 0.717) is 35.5 Å². The van der Waals surface area contributed by atoms with Gasteiger partial charge in [-0.1, -0.05) is 48.0 Å². The molecule has 4 rings (SSSR count). The number of carboxylic acids is 1. The maximum Gasteiger partial charge on any atom is 0.310 e. The van der Waals surface area contributed by atoms with Crippen molar-refractivity contribution in [2.45, 2.75) is 50.9 Å². The molecule has 1 heterocycles. The number of carboxylic acid groups (broad SMARTS) is 1. The molecule has 3 aromatic rings. The Kier molecular flexibility index (Phi) is 7.68.